The van der Waals surface area contributed by atoms with Crippen LogP contribution >= 0.6 is 15.6 Å². The molecule has 0 aromatic carbocycles. The number of ether oxygens (including phenoxy) is 4. The lowest BCUT2D eigenvalue weighted by molar-refractivity contribution is -0.161. The molecule has 3 N–H and O–H groups in total. The van der Waals surface area contributed by atoms with E-state index in [0.717, 1.165) is 102 Å². The van der Waals surface area contributed by atoms with Gasteiger partial charge in [-0.2, -0.15) is 0 Å². The third kappa shape index (κ3) is 62.8. The van der Waals surface area contributed by atoms with Crippen LogP contribution in [0.2, 0.25) is 0 Å². The minimum absolute atomic E-state index is 0.106. The van der Waals surface area contributed by atoms with Gasteiger partial charge in [-0.25, -0.2) is 9.13 Å². The first-order chi connectivity index (χ1) is 42.4. The maximum Gasteiger partial charge on any atom is 0.472 e. The minimum atomic E-state index is -4.95. The summed E-state index contributed by atoms with van der Waals surface area (Å²) in [7, 11) is -9.89. The molecule has 0 amide bonds. The standard InChI is InChI=1S/C69H134O17P2/c1-7-9-11-13-15-17-28-35-41-47-53-68(73)85-64(57-79-66(71)51-45-39-33-25-16-14-12-10-8-2)59-83-87(75,76)81-55-63(70)56-82-88(77,78)84-60-65(58-80-67(72)52-46-40-34-29-24-23-27-32-38-44-50-62(5)6)86-69(74)54-48-42-36-30-22-20-18-19-21-26-31-37-43-49-61(3)4/h61-65,70H,7-60H2,1-6H3,(H,75,76)(H,77,78)/t63-,64+,65+/m0/s1. The van der Waals surface area contributed by atoms with Crippen LogP contribution in [-0.4, -0.2) is 96.7 Å². The highest BCUT2D eigenvalue weighted by molar-refractivity contribution is 7.47. The largest absolute Gasteiger partial charge is 0.472 e. The smallest absolute Gasteiger partial charge is 0.462 e. The van der Waals surface area contributed by atoms with Gasteiger partial charge in [0.2, 0.25) is 0 Å². The van der Waals surface area contributed by atoms with E-state index < -0.39 is 97.5 Å². The Balaban J connectivity index is 5.23. The average molecular weight is 1300 g/mol. The van der Waals surface area contributed by atoms with E-state index in [9.17, 15) is 43.2 Å². The Morgan fingerprint density at radius 1 is 0.307 bits per heavy atom. The molecule has 0 saturated carbocycles. The van der Waals surface area contributed by atoms with Gasteiger partial charge >= 0.3 is 39.5 Å². The Kier molecular flexibility index (Phi) is 59.9. The highest BCUT2D eigenvalue weighted by Gasteiger charge is 2.30. The maximum atomic E-state index is 13.0. The lowest BCUT2D eigenvalue weighted by Crippen LogP contribution is -2.30. The van der Waals surface area contributed by atoms with Gasteiger partial charge in [0.15, 0.2) is 12.2 Å². The zero-order valence-electron chi connectivity index (χ0n) is 57.0. The number of rotatable bonds is 68. The zero-order valence-corrected chi connectivity index (χ0v) is 58.8. The minimum Gasteiger partial charge on any atom is -0.462 e. The summed E-state index contributed by atoms with van der Waals surface area (Å²) in [6.07, 6.45) is 45.7. The van der Waals surface area contributed by atoms with Crippen LogP contribution in [0.15, 0.2) is 0 Å². The lowest BCUT2D eigenvalue weighted by Gasteiger charge is -2.21. The predicted molar refractivity (Wildman–Crippen MR) is 354 cm³/mol. The molecule has 0 radical (unpaired) electrons. The van der Waals surface area contributed by atoms with Crippen LogP contribution in [0.1, 0.15) is 350 Å². The van der Waals surface area contributed by atoms with Crippen LogP contribution in [0.25, 0.3) is 0 Å². The molecule has 0 aromatic heterocycles. The normalized spacial score (nSPS) is 14.2. The van der Waals surface area contributed by atoms with Gasteiger partial charge in [-0.05, 0) is 37.5 Å². The monoisotopic (exact) mass is 1300 g/mol. The number of phosphoric acid groups is 2. The predicted octanol–water partition coefficient (Wildman–Crippen LogP) is 19.6. The summed E-state index contributed by atoms with van der Waals surface area (Å²) in [5.74, 6) is -0.581. The van der Waals surface area contributed by atoms with Crippen molar-refractivity contribution in [2.75, 3.05) is 39.6 Å². The molecule has 0 heterocycles. The van der Waals surface area contributed by atoms with E-state index in [4.69, 9.17) is 37.0 Å². The molecule has 0 bridgehead atoms. The van der Waals surface area contributed by atoms with Gasteiger partial charge in [0.1, 0.15) is 19.3 Å². The molecule has 19 heteroatoms. The lowest BCUT2D eigenvalue weighted by atomic mass is 10.0. The van der Waals surface area contributed by atoms with Crippen LogP contribution < -0.4 is 0 Å². The van der Waals surface area contributed by atoms with Crippen molar-refractivity contribution in [1.29, 1.82) is 0 Å². The fraction of sp³-hybridized carbons (Fsp3) is 0.942. The van der Waals surface area contributed by atoms with Crippen molar-refractivity contribution in [3.8, 4) is 0 Å². The molecular formula is C69H134O17P2. The first-order valence-corrected chi connectivity index (χ1v) is 39.0. The number of esters is 4. The number of hydrogen-bond donors (Lipinski definition) is 3. The highest BCUT2D eigenvalue weighted by atomic mass is 31.2. The number of carbonyl (C=O) groups excluding carboxylic acids is 4. The van der Waals surface area contributed by atoms with Crippen LogP contribution in [-0.2, 0) is 65.4 Å². The maximum absolute atomic E-state index is 13.0. The molecule has 0 aromatic rings. The van der Waals surface area contributed by atoms with Gasteiger partial charge in [0.25, 0.3) is 0 Å². The van der Waals surface area contributed by atoms with Gasteiger partial charge in [-0.15, -0.1) is 0 Å². The Morgan fingerprint density at radius 3 is 0.773 bits per heavy atom. The van der Waals surface area contributed by atoms with Crippen LogP contribution in [0.3, 0.4) is 0 Å². The van der Waals surface area contributed by atoms with E-state index in [1.807, 2.05) is 0 Å². The topological polar surface area (TPSA) is 237 Å². The van der Waals surface area contributed by atoms with Gasteiger partial charge < -0.3 is 33.8 Å². The molecule has 0 spiro atoms. The summed E-state index contributed by atoms with van der Waals surface area (Å²) in [5.41, 5.74) is 0. The second-order valence-corrected chi connectivity index (χ2v) is 28.8. The molecular weight excluding hydrogens is 1160 g/mol. The van der Waals surface area contributed by atoms with E-state index >= 15 is 0 Å². The Morgan fingerprint density at radius 2 is 0.523 bits per heavy atom. The van der Waals surface area contributed by atoms with E-state index in [2.05, 4.69) is 41.5 Å². The van der Waals surface area contributed by atoms with Crippen LogP contribution in [0.4, 0.5) is 0 Å². The molecule has 0 rings (SSSR count). The fourth-order valence-electron chi connectivity index (χ4n) is 10.4. The molecule has 5 atom stereocenters. The number of aliphatic hydroxyl groups is 1. The number of carbonyl (C=O) groups is 4. The average Bonchev–Trinajstić information content (AvgIpc) is 3.55. The van der Waals surface area contributed by atoms with Crippen molar-refractivity contribution in [1.82, 2.24) is 0 Å². The number of hydrogen-bond acceptors (Lipinski definition) is 15. The van der Waals surface area contributed by atoms with Crippen molar-refractivity contribution in [3.05, 3.63) is 0 Å². The zero-order chi connectivity index (χ0) is 65.0. The summed E-state index contributed by atoms with van der Waals surface area (Å²) in [6.45, 7) is 9.53. The summed E-state index contributed by atoms with van der Waals surface area (Å²) >= 11 is 0. The molecule has 88 heavy (non-hydrogen) atoms. The number of unbranched alkanes of at least 4 members (excludes halogenated alkanes) is 38. The van der Waals surface area contributed by atoms with Crippen molar-refractivity contribution < 1.29 is 80.2 Å². The SMILES string of the molecule is CCCCCCCCCCCCC(=O)O[C@H](COC(=O)CCCCCCCCCCC)COP(=O)(O)OC[C@H](O)COP(=O)(O)OC[C@@H](COC(=O)CCCCCCCCCCCCC(C)C)OC(=O)CCCCCCCCCCCCCCCC(C)C. The van der Waals surface area contributed by atoms with E-state index in [-0.39, 0.29) is 25.7 Å². The van der Waals surface area contributed by atoms with Gasteiger partial charge in [-0.1, -0.05) is 298 Å². The molecule has 0 saturated heterocycles. The van der Waals surface area contributed by atoms with Crippen molar-refractivity contribution in [2.45, 2.75) is 368 Å². The fourth-order valence-corrected chi connectivity index (χ4v) is 12.0. The van der Waals surface area contributed by atoms with E-state index in [0.29, 0.717) is 25.7 Å². The Bertz CT molecular complexity index is 1720. The second kappa shape index (κ2) is 61.3. The van der Waals surface area contributed by atoms with Gasteiger partial charge in [0, 0.05) is 25.7 Å². The summed E-state index contributed by atoms with van der Waals surface area (Å²) in [5, 5.41) is 10.6. The van der Waals surface area contributed by atoms with Gasteiger partial charge in [-0.3, -0.25) is 37.3 Å². The molecule has 0 aliphatic carbocycles. The number of phosphoric ester groups is 2. The third-order valence-corrected chi connectivity index (χ3v) is 17.9. The van der Waals surface area contributed by atoms with Crippen molar-refractivity contribution in [3.63, 3.8) is 0 Å². The molecule has 0 aliphatic heterocycles. The first-order valence-electron chi connectivity index (χ1n) is 36.0. The summed E-state index contributed by atoms with van der Waals surface area (Å²) < 4.78 is 68.2. The van der Waals surface area contributed by atoms with Crippen molar-refractivity contribution >= 4 is 39.5 Å². The quantitative estimate of drug-likeness (QED) is 0.0222. The Hall–Kier alpha value is -1.94. The summed E-state index contributed by atoms with van der Waals surface area (Å²) in [6, 6.07) is 0. The number of aliphatic hydroxyl groups excluding tert-OH is 1. The van der Waals surface area contributed by atoms with Gasteiger partial charge in [0.05, 0.1) is 26.4 Å². The van der Waals surface area contributed by atoms with E-state index in [1.165, 1.54) is 167 Å². The summed E-state index contributed by atoms with van der Waals surface area (Å²) in [4.78, 5) is 72.4. The molecule has 17 nitrogen and oxygen atoms in total. The van der Waals surface area contributed by atoms with Crippen LogP contribution in [0, 0.1) is 11.8 Å². The van der Waals surface area contributed by atoms with E-state index in [1.54, 1.807) is 0 Å². The van der Waals surface area contributed by atoms with Crippen LogP contribution in [0.5, 0.6) is 0 Å². The Labute approximate surface area is 537 Å². The highest BCUT2D eigenvalue weighted by Crippen LogP contribution is 2.45. The molecule has 0 fully saturated rings. The molecule has 0 aliphatic rings. The third-order valence-electron chi connectivity index (χ3n) is 16.0. The molecule has 522 valence electrons. The molecule has 2 unspecified atom stereocenters. The first kappa shape index (κ1) is 86.1. The second-order valence-electron chi connectivity index (χ2n) is 25.9. The van der Waals surface area contributed by atoms with Crippen molar-refractivity contribution in [2.24, 2.45) is 11.8 Å².